The van der Waals surface area contributed by atoms with Gasteiger partial charge in [-0.15, -0.1) is 0 Å². The van der Waals surface area contributed by atoms with Gasteiger partial charge in [0, 0.05) is 31.6 Å². The third-order valence-electron chi connectivity index (χ3n) is 1.55. The SMILES string of the molecule is CN(Cc1cn[nH]c1)S(C)(=N)=O. The number of H-pyrrole nitrogens is 1. The third kappa shape index (κ3) is 2.31. The van der Waals surface area contributed by atoms with Crippen LogP contribution in [0, 0.1) is 4.78 Å². The van der Waals surface area contributed by atoms with Crippen LogP contribution in [-0.4, -0.2) is 32.0 Å². The first kappa shape index (κ1) is 9.21. The molecule has 2 N–H and O–H groups in total. The van der Waals surface area contributed by atoms with Gasteiger partial charge in [0.05, 0.1) is 6.20 Å². The fourth-order valence-corrected chi connectivity index (χ4v) is 1.14. The van der Waals surface area contributed by atoms with E-state index >= 15 is 0 Å². The molecule has 1 aromatic rings. The first-order chi connectivity index (χ1) is 5.50. The molecule has 0 saturated carbocycles. The highest BCUT2D eigenvalue weighted by Gasteiger charge is 2.07. The maximum Gasteiger partial charge on any atom is 0.104 e. The number of nitrogens with zero attached hydrogens (tertiary/aromatic N) is 2. The maximum absolute atomic E-state index is 11.2. The van der Waals surface area contributed by atoms with Crippen LogP contribution in [0.25, 0.3) is 0 Å². The maximum atomic E-state index is 11.2. The normalized spacial score (nSPS) is 16.2. The summed E-state index contributed by atoms with van der Waals surface area (Å²) in [5.74, 6) is 0. The van der Waals surface area contributed by atoms with E-state index in [0.717, 1.165) is 5.56 Å². The average Bonchev–Trinajstić information content (AvgIpc) is 2.37. The molecule has 0 amide bonds. The first-order valence-electron chi connectivity index (χ1n) is 3.43. The average molecular weight is 188 g/mol. The summed E-state index contributed by atoms with van der Waals surface area (Å²) in [5, 5.41) is 6.41. The molecule has 0 aliphatic heterocycles. The van der Waals surface area contributed by atoms with Crippen molar-refractivity contribution in [1.29, 1.82) is 4.78 Å². The minimum absolute atomic E-state index is 0.481. The predicted octanol–water partition coefficient (Wildman–Crippen LogP) is 0.433. The van der Waals surface area contributed by atoms with Crippen molar-refractivity contribution in [1.82, 2.24) is 14.5 Å². The van der Waals surface area contributed by atoms with E-state index < -0.39 is 9.92 Å². The van der Waals surface area contributed by atoms with E-state index in [1.165, 1.54) is 10.6 Å². The summed E-state index contributed by atoms with van der Waals surface area (Å²) in [6.45, 7) is 0.481. The Hall–Kier alpha value is -0.880. The first-order valence-corrected chi connectivity index (χ1v) is 5.35. The van der Waals surface area contributed by atoms with Crippen molar-refractivity contribution in [3.05, 3.63) is 18.0 Å². The van der Waals surface area contributed by atoms with E-state index in [9.17, 15) is 4.21 Å². The lowest BCUT2D eigenvalue weighted by atomic mass is 10.4. The van der Waals surface area contributed by atoms with Gasteiger partial charge in [-0.3, -0.25) is 5.10 Å². The molecule has 12 heavy (non-hydrogen) atoms. The molecule has 1 unspecified atom stereocenters. The molecule has 0 fully saturated rings. The van der Waals surface area contributed by atoms with E-state index in [-0.39, 0.29) is 0 Å². The van der Waals surface area contributed by atoms with Gasteiger partial charge in [0.2, 0.25) is 0 Å². The highest BCUT2D eigenvalue weighted by Crippen LogP contribution is 2.03. The number of nitrogens with one attached hydrogen (secondary N) is 2. The Morgan fingerprint density at radius 2 is 2.50 bits per heavy atom. The predicted molar refractivity (Wildman–Crippen MR) is 46.8 cm³/mol. The third-order valence-corrected chi connectivity index (χ3v) is 2.87. The van der Waals surface area contributed by atoms with E-state index in [4.69, 9.17) is 4.78 Å². The fourth-order valence-electron chi connectivity index (χ4n) is 0.744. The van der Waals surface area contributed by atoms with Crippen LogP contribution in [0.2, 0.25) is 0 Å². The van der Waals surface area contributed by atoms with Gasteiger partial charge in [-0.2, -0.15) is 5.10 Å². The minimum Gasteiger partial charge on any atom is -0.285 e. The quantitative estimate of drug-likeness (QED) is 0.722. The van der Waals surface area contributed by atoms with Crippen molar-refractivity contribution in [3.63, 3.8) is 0 Å². The van der Waals surface area contributed by atoms with Gasteiger partial charge >= 0.3 is 0 Å². The summed E-state index contributed by atoms with van der Waals surface area (Å²) < 4.78 is 19.9. The molecule has 5 nitrogen and oxygen atoms in total. The van der Waals surface area contributed by atoms with Crippen molar-refractivity contribution in [2.45, 2.75) is 6.54 Å². The highest BCUT2D eigenvalue weighted by atomic mass is 32.2. The summed E-state index contributed by atoms with van der Waals surface area (Å²) >= 11 is 0. The lowest BCUT2D eigenvalue weighted by Gasteiger charge is -2.14. The van der Waals surface area contributed by atoms with Crippen LogP contribution in [-0.2, 0) is 16.5 Å². The van der Waals surface area contributed by atoms with Crippen LogP contribution < -0.4 is 0 Å². The fraction of sp³-hybridized carbons (Fsp3) is 0.500. The monoisotopic (exact) mass is 188 g/mol. The molecule has 6 heteroatoms. The molecule has 0 radical (unpaired) electrons. The summed E-state index contributed by atoms with van der Waals surface area (Å²) in [5.41, 5.74) is 0.930. The number of aromatic amines is 1. The smallest absolute Gasteiger partial charge is 0.104 e. The number of aromatic nitrogens is 2. The zero-order valence-corrected chi connectivity index (χ0v) is 7.89. The summed E-state index contributed by atoms with van der Waals surface area (Å²) in [6.07, 6.45) is 4.77. The number of rotatable bonds is 3. The summed E-state index contributed by atoms with van der Waals surface area (Å²) in [6, 6.07) is 0. The molecular formula is C6H12N4OS. The van der Waals surface area contributed by atoms with Crippen molar-refractivity contribution < 1.29 is 4.21 Å². The van der Waals surface area contributed by atoms with Gasteiger partial charge in [0.25, 0.3) is 0 Å². The lowest BCUT2D eigenvalue weighted by molar-refractivity contribution is 0.514. The molecule has 0 aliphatic carbocycles. The Balaban J connectivity index is 2.66. The van der Waals surface area contributed by atoms with Crippen molar-refractivity contribution in [2.24, 2.45) is 0 Å². The van der Waals surface area contributed by atoms with Gasteiger partial charge in [0.15, 0.2) is 0 Å². The minimum atomic E-state index is -2.59. The zero-order valence-electron chi connectivity index (χ0n) is 7.07. The van der Waals surface area contributed by atoms with Gasteiger partial charge < -0.3 is 0 Å². The lowest BCUT2D eigenvalue weighted by Crippen LogP contribution is -2.23. The molecular weight excluding hydrogens is 176 g/mol. The Labute approximate surface area is 71.9 Å². The summed E-state index contributed by atoms with van der Waals surface area (Å²) in [4.78, 5) is 0. The molecule has 1 aromatic heterocycles. The van der Waals surface area contributed by atoms with Gasteiger partial charge in [0.1, 0.15) is 9.92 Å². The molecule has 68 valence electrons. The molecule has 1 atom stereocenters. The number of hydrogen-bond acceptors (Lipinski definition) is 3. The Morgan fingerprint density at radius 3 is 2.92 bits per heavy atom. The van der Waals surface area contributed by atoms with E-state index in [1.807, 2.05) is 0 Å². The Morgan fingerprint density at radius 1 is 1.83 bits per heavy atom. The molecule has 1 rings (SSSR count). The van der Waals surface area contributed by atoms with E-state index in [1.54, 1.807) is 19.4 Å². The van der Waals surface area contributed by atoms with Crippen LogP contribution in [0.4, 0.5) is 0 Å². The van der Waals surface area contributed by atoms with Crippen molar-refractivity contribution in [3.8, 4) is 0 Å². The molecule has 1 heterocycles. The van der Waals surface area contributed by atoms with E-state index in [0.29, 0.717) is 6.54 Å². The highest BCUT2D eigenvalue weighted by molar-refractivity contribution is 7.89. The molecule has 0 aliphatic rings. The van der Waals surface area contributed by atoms with Crippen LogP contribution in [0.3, 0.4) is 0 Å². The molecule has 0 spiro atoms. The largest absolute Gasteiger partial charge is 0.285 e. The molecule has 0 bridgehead atoms. The van der Waals surface area contributed by atoms with Crippen molar-refractivity contribution in [2.75, 3.05) is 13.3 Å². The van der Waals surface area contributed by atoms with Gasteiger partial charge in [-0.25, -0.2) is 13.3 Å². The van der Waals surface area contributed by atoms with Gasteiger partial charge in [-0.1, -0.05) is 0 Å². The Kier molecular flexibility index (Phi) is 2.49. The summed E-state index contributed by atoms with van der Waals surface area (Å²) in [7, 11) is -0.932. The van der Waals surface area contributed by atoms with Crippen LogP contribution in [0.1, 0.15) is 5.56 Å². The number of hydrogen-bond donors (Lipinski definition) is 2. The zero-order chi connectivity index (χ0) is 9.19. The standard InChI is InChI=1S/C6H12N4OS/c1-10(12(2,7)11)5-6-3-8-9-4-6/h3-4,7H,5H2,1-2H3,(H,8,9). The second-order valence-corrected chi connectivity index (χ2v) is 4.92. The van der Waals surface area contributed by atoms with E-state index in [2.05, 4.69) is 10.2 Å². The van der Waals surface area contributed by atoms with Crippen LogP contribution in [0.5, 0.6) is 0 Å². The topological polar surface area (TPSA) is 72.8 Å². The second kappa shape index (κ2) is 3.24. The van der Waals surface area contributed by atoms with Gasteiger partial charge in [-0.05, 0) is 0 Å². The van der Waals surface area contributed by atoms with Crippen molar-refractivity contribution >= 4 is 9.92 Å². The van der Waals surface area contributed by atoms with Crippen LogP contribution >= 0.6 is 0 Å². The Bertz CT molecular complexity index is 328. The molecule has 0 saturated heterocycles. The molecule has 0 aromatic carbocycles. The van der Waals surface area contributed by atoms with Crippen LogP contribution in [0.15, 0.2) is 12.4 Å². The second-order valence-electron chi connectivity index (χ2n) is 2.70.